The van der Waals surface area contributed by atoms with Crippen molar-refractivity contribution < 1.29 is 29.1 Å². The molecule has 0 spiro atoms. The molecular weight excluding hydrogens is 262 g/mol. The molecule has 1 fully saturated rings. The zero-order chi connectivity index (χ0) is 15.8. The summed E-state index contributed by atoms with van der Waals surface area (Å²) in [6.45, 7) is 7.41. The van der Waals surface area contributed by atoms with Gasteiger partial charge in [-0.1, -0.05) is 6.92 Å². The Labute approximate surface area is 119 Å². The van der Waals surface area contributed by atoms with E-state index >= 15 is 0 Å². The average molecular weight is 286 g/mol. The summed E-state index contributed by atoms with van der Waals surface area (Å²) in [6, 6.07) is 0. The molecule has 0 radical (unpaired) electrons. The Morgan fingerprint density at radius 1 is 1.25 bits per heavy atom. The summed E-state index contributed by atoms with van der Waals surface area (Å²) in [5.41, 5.74) is -2.02. The minimum atomic E-state index is -1.43. The molecule has 6 heteroatoms. The summed E-state index contributed by atoms with van der Waals surface area (Å²) >= 11 is 0. The van der Waals surface area contributed by atoms with E-state index in [2.05, 4.69) is 0 Å². The van der Waals surface area contributed by atoms with Crippen molar-refractivity contribution >= 4 is 17.8 Å². The second-order valence-electron chi connectivity index (χ2n) is 6.53. The molecule has 2 N–H and O–H groups in total. The van der Waals surface area contributed by atoms with Crippen molar-refractivity contribution in [3.63, 3.8) is 0 Å². The average Bonchev–Trinajstić information content (AvgIpc) is 2.46. The predicted molar refractivity (Wildman–Crippen MR) is 72.4 cm³/mol. The molecule has 0 aromatic heterocycles. The second-order valence-corrected chi connectivity index (χ2v) is 6.53. The van der Waals surface area contributed by atoms with Gasteiger partial charge in [0.2, 0.25) is 0 Å². The minimum Gasteiger partial charge on any atom is -0.480 e. The lowest BCUT2D eigenvalue weighted by atomic mass is 9.77. The number of likely N-dealkylation sites (tertiary alicyclic amines) is 1. The van der Waals surface area contributed by atoms with Crippen molar-refractivity contribution in [3.8, 4) is 0 Å². The SMILES string of the molecule is CCC1(C(=O)O)CC[N+](C(=O)O)(C(C)(C)C)CCC1=O. The number of amides is 1. The molecule has 20 heavy (non-hydrogen) atoms. The van der Waals surface area contributed by atoms with Gasteiger partial charge in [0, 0.05) is 6.42 Å². The molecule has 0 aromatic rings. The number of carbonyl (C=O) groups is 3. The van der Waals surface area contributed by atoms with Crippen molar-refractivity contribution in [2.45, 2.75) is 52.5 Å². The van der Waals surface area contributed by atoms with E-state index in [-0.39, 0.29) is 42.6 Å². The third-order valence-electron chi connectivity index (χ3n) is 4.84. The fraction of sp³-hybridized carbons (Fsp3) is 0.786. The highest BCUT2D eigenvalue weighted by Crippen LogP contribution is 2.38. The van der Waals surface area contributed by atoms with Gasteiger partial charge < -0.3 is 10.2 Å². The molecule has 0 aliphatic carbocycles. The molecule has 0 aromatic carbocycles. The van der Waals surface area contributed by atoms with E-state index in [1.165, 1.54) is 0 Å². The number of quaternary nitrogens is 1. The van der Waals surface area contributed by atoms with E-state index in [0.29, 0.717) is 0 Å². The molecule has 1 heterocycles. The van der Waals surface area contributed by atoms with Crippen LogP contribution >= 0.6 is 0 Å². The van der Waals surface area contributed by atoms with Crippen molar-refractivity contribution in [2.24, 2.45) is 5.41 Å². The highest BCUT2D eigenvalue weighted by molar-refractivity contribution is 6.03. The Balaban J connectivity index is 3.27. The number of nitrogens with zero attached hydrogens (tertiary/aromatic N) is 1. The van der Waals surface area contributed by atoms with E-state index in [0.717, 1.165) is 0 Å². The van der Waals surface area contributed by atoms with Crippen LogP contribution in [-0.2, 0) is 9.59 Å². The molecule has 0 saturated carbocycles. The summed E-state index contributed by atoms with van der Waals surface area (Å²) in [7, 11) is 0. The topological polar surface area (TPSA) is 91.7 Å². The van der Waals surface area contributed by atoms with Gasteiger partial charge in [-0.25, -0.2) is 4.48 Å². The lowest BCUT2D eigenvalue weighted by Gasteiger charge is -2.43. The van der Waals surface area contributed by atoms with Gasteiger partial charge in [0.25, 0.3) is 0 Å². The van der Waals surface area contributed by atoms with Crippen LogP contribution in [0.3, 0.4) is 0 Å². The third kappa shape index (κ3) is 2.32. The first-order valence-electron chi connectivity index (χ1n) is 6.91. The van der Waals surface area contributed by atoms with E-state index in [9.17, 15) is 24.6 Å². The first-order valence-corrected chi connectivity index (χ1v) is 6.91. The molecule has 2 unspecified atom stereocenters. The monoisotopic (exact) mass is 286 g/mol. The Kier molecular flexibility index (Phi) is 4.29. The van der Waals surface area contributed by atoms with Crippen LogP contribution in [0.15, 0.2) is 0 Å². The summed E-state index contributed by atoms with van der Waals surface area (Å²) in [5.74, 6) is -1.48. The van der Waals surface area contributed by atoms with Crippen LogP contribution < -0.4 is 0 Å². The summed E-state index contributed by atoms with van der Waals surface area (Å²) in [4.78, 5) is 35.6. The first kappa shape index (κ1) is 16.6. The van der Waals surface area contributed by atoms with E-state index in [4.69, 9.17) is 0 Å². The predicted octanol–water partition coefficient (Wildman–Crippen LogP) is 2.12. The number of Topliss-reactive ketones (excluding diaryl/α,β-unsaturated/α-hetero) is 1. The fourth-order valence-electron chi connectivity index (χ4n) is 3.07. The molecule has 2 atom stereocenters. The highest BCUT2D eigenvalue weighted by atomic mass is 16.4. The molecule has 0 bridgehead atoms. The third-order valence-corrected chi connectivity index (χ3v) is 4.84. The fourth-order valence-corrected chi connectivity index (χ4v) is 3.07. The Morgan fingerprint density at radius 2 is 1.80 bits per heavy atom. The van der Waals surface area contributed by atoms with Gasteiger partial charge in [0.1, 0.15) is 11.0 Å². The number of carbonyl (C=O) groups excluding carboxylic acids is 1. The second kappa shape index (κ2) is 5.16. The number of aliphatic carboxylic acids is 1. The van der Waals surface area contributed by atoms with Crippen LogP contribution in [0, 0.1) is 5.41 Å². The van der Waals surface area contributed by atoms with Gasteiger partial charge in [-0.15, -0.1) is 0 Å². The van der Waals surface area contributed by atoms with Crippen LogP contribution in [0.5, 0.6) is 0 Å². The van der Waals surface area contributed by atoms with Crippen LogP contribution in [0.4, 0.5) is 4.79 Å². The summed E-state index contributed by atoms with van der Waals surface area (Å²) < 4.78 is -0.270. The lowest BCUT2D eigenvalue weighted by molar-refractivity contribution is -0.902. The number of rotatable bonds is 2. The molecular formula is C14H24NO5+. The van der Waals surface area contributed by atoms with Gasteiger partial charge in [-0.2, -0.15) is 4.79 Å². The van der Waals surface area contributed by atoms with E-state index in [1.54, 1.807) is 6.92 Å². The molecule has 1 amide bonds. The smallest absolute Gasteiger partial charge is 0.480 e. The van der Waals surface area contributed by atoms with Crippen molar-refractivity contribution in [1.29, 1.82) is 0 Å². The van der Waals surface area contributed by atoms with E-state index in [1.807, 2.05) is 20.8 Å². The zero-order valence-corrected chi connectivity index (χ0v) is 12.6. The molecule has 114 valence electrons. The maximum absolute atomic E-state index is 12.3. The van der Waals surface area contributed by atoms with Crippen LogP contribution in [0.25, 0.3) is 0 Å². The van der Waals surface area contributed by atoms with Gasteiger partial charge in [0.15, 0.2) is 5.78 Å². The molecule has 1 saturated heterocycles. The molecule has 6 nitrogen and oxygen atoms in total. The Hall–Kier alpha value is -1.43. The number of hydrogen-bond donors (Lipinski definition) is 2. The molecule has 1 aliphatic heterocycles. The largest absolute Gasteiger partial charge is 0.513 e. The van der Waals surface area contributed by atoms with Crippen molar-refractivity contribution in [3.05, 3.63) is 0 Å². The van der Waals surface area contributed by atoms with E-state index < -0.39 is 23.0 Å². The summed E-state index contributed by atoms with van der Waals surface area (Å²) in [5, 5.41) is 19.1. The number of carboxylic acid groups (broad SMARTS) is 2. The Bertz CT molecular complexity index is 439. The van der Waals surface area contributed by atoms with Crippen LogP contribution in [0.2, 0.25) is 0 Å². The van der Waals surface area contributed by atoms with Crippen LogP contribution in [0.1, 0.15) is 47.0 Å². The molecule has 1 aliphatic rings. The van der Waals surface area contributed by atoms with Crippen LogP contribution in [-0.4, -0.2) is 51.2 Å². The number of hydrogen-bond acceptors (Lipinski definition) is 3. The van der Waals surface area contributed by atoms with Gasteiger partial charge in [-0.05, 0) is 27.2 Å². The Morgan fingerprint density at radius 3 is 2.15 bits per heavy atom. The molecule has 1 rings (SSSR count). The normalized spacial score (nSPS) is 31.7. The van der Waals surface area contributed by atoms with Crippen molar-refractivity contribution in [1.82, 2.24) is 0 Å². The van der Waals surface area contributed by atoms with Crippen molar-refractivity contribution in [2.75, 3.05) is 13.1 Å². The first-order chi connectivity index (χ1) is 9.03. The standard InChI is InChI=1S/C14H23NO5/c1-5-14(11(17)18)7-9-15(12(19)20,13(2,3)4)8-6-10(14)16/h5-9H2,1-4H3,(H-,17,18,19,20)/p+1. The lowest BCUT2D eigenvalue weighted by Crippen LogP contribution is -2.63. The maximum Gasteiger partial charge on any atom is 0.513 e. The zero-order valence-electron chi connectivity index (χ0n) is 12.6. The maximum atomic E-state index is 12.3. The van der Waals surface area contributed by atoms with Gasteiger partial charge in [0.05, 0.1) is 19.5 Å². The minimum absolute atomic E-state index is 0.0102. The van der Waals surface area contributed by atoms with Gasteiger partial charge in [-0.3, -0.25) is 9.59 Å². The summed E-state index contributed by atoms with van der Waals surface area (Å²) in [6.07, 6.45) is -0.738. The van der Waals surface area contributed by atoms with Gasteiger partial charge >= 0.3 is 12.1 Å². The highest BCUT2D eigenvalue weighted by Gasteiger charge is 2.55. The number of carboxylic acids is 1. The number of ketones is 1. The quantitative estimate of drug-likeness (QED) is 0.599.